The smallest absolute Gasteiger partial charge is 0.322 e. The molecule has 0 unspecified atom stereocenters. The maximum absolute atomic E-state index is 12.6. The van der Waals surface area contributed by atoms with Crippen LogP contribution in [-0.4, -0.2) is 32.9 Å². The second-order valence-electron chi connectivity index (χ2n) is 5.69. The fourth-order valence-electron chi connectivity index (χ4n) is 2.52. The van der Waals surface area contributed by atoms with E-state index in [1.54, 1.807) is 4.40 Å². The molecule has 6 nitrogen and oxygen atoms in total. The number of carboxylic acids is 1. The Kier molecular flexibility index (Phi) is 4.04. The summed E-state index contributed by atoms with van der Waals surface area (Å²) in [6, 6.07) is 11.4. The van der Waals surface area contributed by atoms with Crippen LogP contribution in [0.3, 0.4) is 0 Å². The molecule has 24 heavy (non-hydrogen) atoms. The first-order valence-electron chi connectivity index (χ1n) is 7.51. The van der Waals surface area contributed by atoms with Crippen molar-refractivity contribution in [2.75, 3.05) is 6.54 Å². The molecule has 3 aromatic rings. The Hall–Kier alpha value is -3.15. The highest BCUT2D eigenvalue weighted by Crippen LogP contribution is 2.25. The molecule has 1 amide bonds. The van der Waals surface area contributed by atoms with E-state index >= 15 is 0 Å². The third-order valence-electron chi connectivity index (χ3n) is 3.71. The zero-order valence-electron chi connectivity index (χ0n) is 13.4. The normalized spacial score (nSPS) is 10.8. The summed E-state index contributed by atoms with van der Waals surface area (Å²) in [7, 11) is 0. The predicted octanol–water partition coefficient (Wildman–Crippen LogP) is 2.43. The highest BCUT2D eigenvalue weighted by molar-refractivity contribution is 6.00. The third kappa shape index (κ3) is 2.99. The molecule has 0 saturated heterocycles. The van der Waals surface area contributed by atoms with Gasteiger partial charge in [-0.05, 0) is 25.5 Å². The number of nitrogens with one attached hydrogen (secondary N) is 1. The molecule has 0 fully saturated rings. The number of fused-ring (bicyclic) bond motifs is 1. The molecule has 122 valence electrons. The van der Waals surface area contributed by atoms with E-state index in [0.717, 1.165) is 16.7 Å². The molecular weight excluding hydrogens is 306 g/mol. The van der Waals surface area contributed by atoms with Crippen molar-refractivity contribution in [3.8, 4) is 11.3 Å². The van der Waals surface area contributed by atoms with Crippen LogP contribution in [0.15, 0.2) is 42.6 Å². The van der Waals surface area contributed by atoms with Crippen LogP contribution in [0.2, 0.25) is 0 Å². The number of amides is 1. The van der Waals surface area contributed by atoms with Crippen molar-refractivity contribution in [1.29, 1.82) is 0 Å². The van der Waals surface area contributed by atoms with Gasteiger partial charge in [0.1, 0.15) is 23.6 Å². The van der Waals surface area contributed by atoms with E-state index in [1.165, 1.54) is 0 Å². The monoisotopic (exact) mass is 323 g/mol. The van der Waals surface area contributed by atoms with Gasteiger partial charge >= 0.3 is 5.97 Å². The molecule has 0 aliphatic rings. The van der Waals surface area contributed by atoms with Gasteiger partial charge in [-0.3, -0.25) is 14.0 Å². The summed E-state index contributed by atoms with van der Waals surface area (Å²) in [5.41, 5.74) is 4.39. The largest absolute Gasteiger partial charge is 0.480 e. The van der Waals surface area contributed by atoms with E-state index in [0.29, 0.717) is 17.0 Å². The number of aromatic nitrogens is 2. The van der Waals surface area contributed by atoms with E-state index in [4.69, 9.17) is 5.11 Å². The lowest BCUT2D eigenvalue weighted by Crippen LogP contribution is -2.30. The van der Waals surface area contributed by atoms with Crippen LogP contribution in [0, 0.1) is 13.8 Å². The summed E-state index contributed by atoms with van der Waals surface area (Å²) < 4.78 is 1.70. The minimum Gasteiger partial charge on any atom is -0.480 e. The lowest BCUT2D eigenvalue weighted by atomic mass is 10.1. The molecule has 6 heteroatoms. The topological polar surface area (TPSA) is 83.7 Å². The number of carboxylic acid groups (broad SMARTS) is 1. The van der Waals surface area contributed by atoms with Crippen molar-refractivity contribution in [1.82, 2.24) is 14.7 Å². The summed E-state index contributed by atoms with van der Waals surface area (Å²) in [4.78, 5) is 27.9. The third-order valence-corrected chi connectivity index (χ3v) is 3.71. The minimum atomic E-state index is -1.09. The number of nitrogens with zero attached hydrogens (tertiary/aromatic N) is 2. The summed E-state index contributed by atoms with van der Waals surface area (Å²) >= 11 is 0. The Morgan fingerprint density at radius 2 is 1.75 bits per heavy atom. The number of aliphatic carboxylic acids is 1. The van der Waals surface area contributed by atoms with Crippen LogP contribution in [-0.2, 0) is 4.79 Å². The van der Waals surface area contributed by atoms with Gasteiger partial charge in [0, 0.05) is 11.8 Å². The second kappa shape index (κ2) is 6.16. The SMILES string of the molecule is Cc1ccc(-c2nc3ccc(C)cn3c2C(=O)NCC(=O)O)cc1. The Labute approximate surface area is 138 Å². The number of carbonyl (C=O) groups excluding carboxylic acids is 1. The van der Waals surface area contributed by atoms with Crippen molar-refractivity contribution >= 4 is 17.5 Å². The molecular formula is C18H17N3O3. The molecule has 1 aromatic carbocycles. The van der Waals surface area contributed by atoms with Gasteiger partial charge in [-0.15, -0.1) is 0 Å². The fraction of sp³-hybridized carbons (Fsp3) is 0.167. The number of rotatable bonds is 4. The van der Waals surface area contributed by atoms with Crippen molar-refractivity contribution < 1.29 is 14.7 Å². The first-order chi connectivity index (χ1) is 11.5. The van der Waals surface area contributed by atoms with Gasteiger partial charge in [0.15, 0.2) is 0 Å². The number of aryl methyl sites for hydroxylation is 2. The van der Waals surface area contributed by atoms with Crippen LogP contribution in [0.4, 0.5) is 0 Å². The Morgan fingerprint density at radius 1 is 1.08 bits per heavy atom. The number of carbonyl (C=O) groups is 2. The zero-order chi connectivity index (χ0) is 17.3. The molecule has 0 aliphatic carbocycles. The van der Waals surface area contributed by atoms with Crippen LogP contribution < -0.4 is 5.32 Å². The number of imidazole rings is 1. The molecule has 0 bridgehead atoms. The van der Waals surface area contributed by atoms with Crippen molar-refractivity contribution in [2.24, 2.45) is 0 Å². The Balaban J connectivity index is 2.16. The average Bonchev–Trinajstić information content (AvgIpc) is 2.91. The van der Waals surface area contributed by atoms with E-state index in [9.17, 15) is 9.59 Å². The lowest BCUT2D eigenvalue weighted by molar-refractivity contribution is -0.135. The van der Waals surface area contributed by atoms with Crippen LogP contribution in [0.1, 0.15) is 21.6 Å². The average molecular weight is 323 g/mol. The van der Waals surface area contributed by atoms with Crippen LogP contribution >= 0.6 is 0 Å². The quantitative estimate of drug-likeness (QED) is 0.772. The summed E-state index contributed by atoms with van der Waals surface area (Å²) in [6.07, 6.45) is 1.82. The molecule has 2 heterocycles. The van der Waals surface area contributed by atoms with Gasteiger partial charge in [-0.2, -0.15) is 0 Å². The first-order valence-corrected chi connectivity index (χ1v) is 7.51. The molecule has 0 aliphatic heterocycles. The number of hydrogen-bond donors (Lipinski definition) is 2. The first kappa shape index (κ1) is 15.7. The van der Waals surface area contributed by atoms with Crippen molar-refractivity contribution in [2.45, 2.75) is 13.8 Å². The number of pyridine rings is 1. The second-order valence-corrected chi connectivity index (χ2v) is 5.69. The molecule has 0 saturated carbocycles. The maximum atomic E-state index is 12.6. The van der Waals surface area contributed by atoms with Gasteiger partial charge in [0.2, 0.25) is 0 Å². The fourth-order valence-corrected chi connectivity index (χ4v) is 2.52. The molecule has 0 atom stereocenters. The maximum Gasteiger partial charge on any atom is 0.322 e. The van der Waals surface area contributed by atoms with Gasteiger partial charge < -0.3 is 10.4 Å². The summed E-state index contributed by atoms with van der Waals surface area (Å²) in [5.74, 6) is -1.56. The van der Waals surface area contributed by atoms with Crippen LogP contribution in [0.5, 0.6) is 0 Å². The Bertz CT molecular complexity index is 927. The minimum absolute atomic E-state index is 0.332. The van der Waals surface area contributed by atoms with Gasteiger partial charge in [0.05, 0.1) is 0 Å². The molecule has 0 spiro atoms. The number of hydrogen-bond acceptors (Lipinski definition) is 3. The molecule has 2 aromatic heterocycles. The van der Waals surface area contributed by atoms with E-state index in [-0.39, 0.29) is 0 Å². The molecule has 3 rings (SSSR count). The van der Waals surface area contributed by atoms with E-state index in [2.05, 4.69) is 10.3 Å². The molecule has 2 N–H and O–H groups in total. The van der Waals surface area contributed by atoms with Gasteiger partial charge in [0.25, 0.3) is 5.91 Å². The molecule has 0 radical (unpaired) electrons. The van der Waals surface area contributed by atoms with Gasteiger partial charge in [-0.25, -0.2) is 4.98 Å². The predicted molar refractivity (Wildman–Crippen MR) is 90.1 cm³/mol. The van der Waals surface area contributed by atoms with E-state index in [1.807, 2.05) is 56.4 Å². The van der Waals surface area contributed by atoms with Crippen molar-refractivity contribution in [3.63, 3.8) is 0 Å². The van der Waals surface area contributed by atoms with Crippen molar-refractivity contribution in [3.05, 3.63) is 59.4 Å². The Morgan fingerprint density at radius 3 is 2.42 bits per heavy atom. The summed E-state index contributed by atoms with van der Waals surface area (Å²) in [6.45, 7) is 3.46. The highest BCUT2D eigenvalue weighted by atomic mass is 16.4. The van der Waals surface area contributed by atoms with E-state index < -0.39 is 18.4 Å². The standard InChI is InChI=1S/C18H17N3O3/c1-11-3-6-13(7-4-11)16-17(18(24)19-9-15(22)23)21-10-12(2)5-8-14(21)20-16/h3-8,10H,9H2,1-2H3,(H,19,24)(H,22,23). The van der Waals surface area contributed by atoms with Gasteiger partial charge in [-0.1, -0.05) is 35.9 Å². The lowest BCUT2D eigenvalue weighted by Gasteiger charge is -2.06. The highest BCUT2D eigenvalue weighted by Gasteiger charge is 2.21. The summed E-state index contributed by atoms with van der Waals surface area (Å²) in [5, 5.41) is 11.2. The zero-order valence-corrected chi connectivity index (χ0v) is 13.4. The number of benzene rings is 1. The van der Waals surface area contributed by atoms with Crippen LogP contribution in [0.25, 0.3) is 16.9 Å².